The van der Waals surface area contributed by atoms with Gasteiger partial charge < -0.3 is 18.9 Å². The molecule has 16 heteroatoms. The summed E-state index contributed by atoms with van der Waals surface area (Å²) in [6, 6.07) is 30.9. The van der Waals surface area contributed by atoms with Gasteiger partial charge in [0.2, 0.25) is 0 Å². The van der Waals surface area contributed by atoms with E-state index in [0.717, 1.165) is 0 Å². The normalized spacial score (nSPS) is 10.5. The van der Waals surface area contributed by atoms with Crippen LogP contribution in [-0.4, -0.2) is 46.0 Å². The lowest BCUT2D eigenvalue weighted by atomic mass is 10.1. The molecule has 0 aromatic heterocycles. The average Bonchev–Trinajstić information content (AvgIpc) is 3.21. The number of benzene rings is 5. The Hall–Kier alpha value is -7.36. The Morgan fingerprint density at radius 1 is 0.357 bits per heavy atom. The Labute approximate surface area is 315 Å². The van der Waals surface area contributed by atoms with Crippen LogP contribution in [0.15, 0.2) is 121 Å². The molecule has 5 rings (SSSR count). The van der Waals surface area contributed by atoms with E-state index < -0.39 is 107 Å². The highest BCUT2D eigenvalue weighted by Crippen LogP contribution is 2.28. The smallest absolute Gasteiger partial charge is 0.426 e. The number of imide groups is 6. The van der Waals surface area contributed by atoms with Gasteiger partial charge in [-0.2, -0.15) is 0 Å². The predicted octanol–water partition coefficient (Wildman–Crippen LogP) is 8.47. The summed E-state index contributed by atoms with van der Waals surface area (Å²) in [6.07, 6.45) is -7.43. The van der Waals surface area contributed by atoms with Crippen molar-refractivity contribution in [3.8, 4) is 0 Å². The van der Waals surface area contributed by atoms with Crippen molar-refractivity contribution in [2.75, 3.05) is 0 Å². The highest BCUT2D eigenvalue weighted by Gasteiger charge is 2.43. The first kappa shape index (κ1) is 39.8. The Morgan fingerprint density at radius 3 is 0.750 bits per heavy atom. The number of nitrogens with zero attached hydrogens (tertiary/aromatic N) is 2. The summed E-state index contributed by atoms with van der Waals surface area (Å²) in [4.78, 5) is 78.4. The average molecular weight is 773 g/mol. The molecule has 0 aliphatic carbocycles. The Bertz CT molecular complexity index is 1930. The second kappa shape index (κ2) is 18.6. The van der Waals surface area contributed by atoms with E-state index in [1.807, 2.05) is 0 Å². The lowest BCUT2D eigenvalue weighted by molar-refractivity contribution is 0.0503. The van der Waals surface area contributed by atoms with E-state index in [1.54, 1.807) is 72.8 Å². The number of ether oxygens (including phenoxy) is 4. The van der Waals surface area contributed by atoms with Gasteiger partial charge in [0.15, 0.2) is 23.3 Å². The third kappa shape index (κ3) is 9.59. The summed E-state index contributed by atoms with van der Waals surface area (Å²) < 4.78 is 83.0. The summed E-state index contributed by atoms with van der Waals surface area (Å²) in [6.45, 7) is -2.31. The number of amides is 6. The predicted molar refractivity (Wildman–Crippen MR) is 185 cm³/mol. The van der Waals surface area contributed by atoms with Crippen molar-refractivity contribution in [2.45, 2.75) is 26.4 Å². The van der Waals surface area contributed by atoms with Crippen molar-refractivity contribution in [3.05, 3.63) is 178 Å². The molecule has 5 aromatic rings. The molecule has 0 unspecified atom stereocenters. The minimum absolute atomic E-state index is 0.345. The van der Waals surface area contributed by atoms with Crippen LogP contribution in [0, 0.1) is 23.3 Å². The molecule has 0 aliphatic rings. The molecule has 0 atom stereocenters. The highest BCUT2D eigenvalue weighted by molar-refractivity contribution is 6.15. The van der Waals surface area contributed by atoms with Gasteiger partial charge in [-0.1, -0.05) is 121 Å². The van der Waals surface area contributed by atoms with Crippen LogP contribution in [0.5, 0.6) is 0 Å². The quantitative estimate of drug-likeness (QED) is 0.0770. The zero-order valence-electron chi connectivity index (χ0n) is 28.9. The fourth-order valence-electron chi connectivity index (χ4n) is 4.85. The Morgan fingerprint density at radius 2 is 0.554 bits per heavy atom. The fraction of sp³-hybridized carbons (Fsp3) is 0.100. The van der Waals surface area contributed by atoms with Crippen molar-refractivity contribution in [1.82, 2.24) is 9.80 Å². The van der Waals surface area contributed by atoms with Gasteiger partial charge in [-0.25, -0.2) is 36.7 Å². The van der Waals surface area contributed by atoms with E-state index in [-0.39, 0.29) is 0 Å². The van der Waals surface area contributed by atoms with E-state index in [1.165, 1.54) is 48.5 Å². The zero-order valence-corrected chi connectivity index (χ0v) is 28.9. The van der Waals surface area contributed by atoms with Crippen LogP contribution in [0.3, 0.4) is 0 Å². The molecule has 0 fully saturated rings. The number of hydrogen-bond acceptors (Lipinski definition) is 10. The van der Waals surface area contributed by atoms with Crippen molar-refractivity contribution < 1.29 is 65.3 Å². The second-order valence-electron chi connectivity index (χ2n) is 11.4. The number of rotatable bonds is 10. The SMILES string of the molecule is O=C(OCc1ccccc1)N(C(=O)OCc1ccccc1)C(=O)c1c(F)c(F)c(C(=O)N(C(=O)OCc2ccccc2)C(=O)OCc2ccccc2)c(F)c1F. The van der Waals surface area contributed by atoms with Gasteiger partial charge in [0, 0.05) is 0 Å². The molecule has 5 aromatic carbocycles. The largest absolute Gasteiger partial charge is 0.444 e. The minimum atomic E-state index is -2.59. The van der Waals surface area contributed by atoms with E-state index >= 15 is 17.6 Å². The topological polar surface area (TPSA) is 146 Å². The lowest BCUT2D eigenvalue weighted by Crippen LogP contribution is -2.45. The van der Waals surface area contributed by atoms with Gasteiger partial charge in [-0.05, 0) is 22.3 Å². The van der Waals surface area contributed by atoms with Gasteiger partial charge in [-0.3, -0.25) is 9.59 Å². The molecule has 0 radical (unpaired) electrons. The molecular weight excluding hydrogens is 744 g/mol. The van der Waals surface area contributed by atoms with Gasteiger partial charge in [0.25, 0.3) is 11.8 Å². The molecule has 0 N–H and O–H groups in total. The summed E-state index contributed by atoms with van der Waals surface area (Å²) in [7, 11) is 0. The van der Waals surface area contributed by atoms with Crippen molar-refractivity contribution in [1.29, 1.82) is 0 Å². The van der Waals surface area contributed by atoms with Crippen LogP contribution in [-0.2, 0) is 45.4 Å². The minimum Gasteiger partial charge on any atom is -0.444 e. The molecule has 286 valence electrons. The van der Waals surface area contributed by atoms with Crippen LogP contribution in [0.2, 0.25) is 0 Å². The van der Waals surface area contributed by atoms with Crippen LogP contribution in [0.4, 0.5) is 36.7 Å². The standard InChI is InChI=1S/C40H28F4N2O10/c41-31-29(35(47)45(37(49)53-21-25-13-5-1-6-14-25)38(50)54-22-26-15-7-2-8-16-26)32(42)34(44)30(33(31)43)36(48)46(39(51)55-23-27-17-9-3-10-18-27)40(52)56-24-28-19-11-4-12-20-28/h1-20H,21-24H2. The van der Waals surface area contributed by atoms with Crippen LogP contribution in [0.1, 0.15) is 43.0 Å². The molecule has 6 amide bonds. The number of hydrogen-bond donors (Lipinski definition) is 0. The monoisotopic (exact) mass is 772 g/mol. The number of carbonyl (C=O) groups is 6. The van der Waals surface area contributed by atoms with Crippen molar-refractivity contribution >= 4 is 36.2 Å². The molecule has 0 spiro atoms. The van der Waals surface area contributed by atoms with E-state index in [0.29, 0.717) is 22.3 Å². The summed E-state index contributed by atoms with van der Waals surface area (Å²) >= 11 is 0. The molecule has 0 heterocycles. The number of halogens is 4. The maximum Gasteiger partial charge on any atom is 0.426 e. The zero-order chi connectivity index (χ0) is 40.2. The van der Waals surface area contributed by atoms with Gasteiger partial charge in [0.05, 0.1) is 0 Å². The third-order valence-electron chi connectivity index (χ3n) is 7.65. The van der Waals surface area contributed by atoms with E-state index in [4.69, 9.17) is 18.9 Å². The number of carbonyl (C=O) groups excluding carboxylic acids is 6. The van der Waals surface area contributed by atoms with E-state index in [9.17, 15) is 28.8 Å². The summed E-state index contributed by atoms with van der Waals surface area (Å²) in [5.74, 6) is -15.0. The Balaban J connectivity index is 1.48. The first-order valence-corrected chi connectivity index (χ1v) is 16.4. The van der Waals surface area contributed by atoms with Gasteiger partial charge in [0.1, 0.15) is 37.6 Å². The van der Waals surface area contributed by atoms with Crippen molar-refractivity contribution in [3.63, 3.8) is 0 Å². The lowest BCUT2D eigenvalue weighted by Gasteiger charge is -2.21. The van der Waals surface area contributed by atoms with Gasteiger partial charge >= 0.3 is 24.4 Å². The van der Waals surface area contributed by atoms with Gasteiger partial charge in [-0.15, -0.1) is 9.80 Å². The molecular formula is C40H28F4N2O10. The first-order valence-electron chi connectivity index (χ1n) is 16.4. The molecule has 0 aliphatic heterocycles. The molecule has 12 nitrogen and oxygen atoms in total. The molecule has 0 saturated heterocycles. The molecule has 0 saturated carbocycles. The highest BCUT2D eigenvalue weighted by atomic mass is 19.2. The maximum atomic E-state index is 15.8. The van der Waals surface area contributed by atoms with Crippen molar-refractivity contribution in [2.24, 2.45) is 0 Å². The molecule has 0 bridgehead atoms. The maximum absolute atomic E-state index is 15.8. The summed E-state index contributed by atoms with van der Waals surface area (Å²) in [5, 5.41) is 0. The third-order valence-corrected chi connectivity index (χ3v) is 7.65. The second-order valence-corrected chi connectivity index (χ2v) is 11.4. The Kier molecular flexibility index (Phi) is 13.2. The van der Waals surface area contributed by atoms with Crippen LogP contribution >= 0.6 is 0 Å². The molecule has 56 heavy (non-hydrogen) atoms. The fourth-order valence-corrected chi connectivity index (χ4v) is 4.85. The van der Waals surface area contributed by atoms with Crippen LogP contribution in [0.25, 0.3) is 0 Å². The summed E-state index contributed by atoms with van der Waals surface area (Å²) in [5.41, 5.74) is -2.96. The first-order chi connectivity index (χ1) is 27.0. The van der Waals surface area contributed by atoms with E-state index in [2.05, 4.69) is 0 Å². The van der Waals surface area contributed by atoms with Crippen LogP contribution < -0.4 is 0 Å².